The lowest BCUT2D eigenvalue weighted by Crippen LogP contribution is -2.00. The fourth-order valence-corrected chi connectivity index (χ4v) is 6.56. The predicted molar refractivity (Wildman–Crippen MR) is 189 cm³/mol. The number of fused-ring (bicyclic) bond motifs is 7. The maximum absolute atomic E-state index is 4.89. The Morgan fingerprint density at radius 1 is 0.326 bits per heavy atom. The summed E-state index contributed by atoms with van der Waals surface area (Å²) in [6, 6.07) is 53.1. The van der Waals surface area contributed by atoms with Crippen molar-refractivity contribution < 1.29 is 0 Å². The molecule has 46 heavy (non-hydrogen) atoms. The topological polar surface area (TPSA) is 51.6 Å². The van der Waals surface area contributed by atoms with E-state index in [1.165, 1.54) is 48.7 Å². The molecule has 0 radical (unpaired) electrons. The van der Waals surface area contributed by atoms with Gasteiger partial charge in [0.25, 0.3) is 0 Å². The Balaban J connectivity index is 1.17. The van der Waals surface area contributed by atoms with Gasteiger partial charge in [0.15, 0.2) is 17.5 Å². The summed E-state index contributed by atoms with van der Waals surface area (Å²) >= 11 is 0. The lowest BCUT2D eigenvalue weighted by molar-refractivity contribution is 1.06. The zero-order valence-electron chi connectivity index (χ0n) is 24.8. The van der Waals surface area contributed by atoms with E-state index in [0.717, 1.165) is 16.7 Å². The van der Waals surface area contributed by atoms with Crippen molar-refractivity contribution in [1.82, 2.24) is 19.9 Å². The Morgan fingerprint density at radius 3 is 1.74 bits per heavy atom. The summed E-state index contributed by atoms with van der Waals surface area (Å²) < 4.78 is 0. The quantitative estimate of drug-likeness (QED) is 0.193. The average molecular weight is 587 g/mol. The van der Waals surface area contributed by atoms with E-state index in [1.807, 2.05) is 48.5 Å². The van der Waals surface area contributed by atoms with Gasteiger partial charge in [-0.05, 0) is 66.3 Å². The molecule has 0 aliphatic carbocycles. The third-order valence-electron chi connectivity index (χ3n) is 8.78. The molecule has 0 saturated carbocycles. The maximum Gasteiger partial charge on any atom is 0.182 e. The smallest absolute Gasteiger partial charge is 0.182 e. The minimum Gasteiger partial charge on any atom is -0.253 e. The molecule has 7 aromatic carbocycles. The van der Waals surface area contributed by atoms with Gasteiger partial charge in [-0.15, -0.1) is 0 Å². The predicted octanol–water partition coefficient (Wildman–Crippen LogP) is 10.5. The summed E-state index contributed by atoms with van der Waals surface area (Å²) in [5.74, 6) is 1.79. The summed E-state index contributed by atoms with van der Waals surface area (Å²) in [5.41, 5.74) is 4.90. The number of rotatable bonds is 4. The molecule has 0 spiro atoms. The standard InChI is InChI=1S/C42H26N4/c1-2-10-30(11-3-1)40-44-41(46-42(45-40)38-15-6-7-26-43-38)31-18-16-28(17-19-31)33-13-8-14-36-34(33)23-21-29-22-24-35-32-12-5-4-9-27(32)20-25-37(35)39(29)36/h1-26H. The molecule has 214 valence electrons. The minimum atomic E-state index is 0.550. The van der Waals surface area contributed by atoms with Crippen molar-refractivity contribution in [3.8, 4) is 45.4 Å². The normalized spacial score (nSPS) is 11.5. The van der Waals surface area contributed by atoms with E-state index in [0.29, 0.717) is 23.2 Å². The number of hydrogen-bond acceptors (Lipinski definition) is 4. The van der Waals surface area contributed by atoms with Crippen LogP contribution < -0.4 is 0 Å². The van der Waals surface area contributed by atoms with Gasteiger partial charge in [-0.1, -0.05) is 140 Å². The number of benzene rings is 7. The van der Waals surface area contributed by atoms with Gasteiger partial charge >= 0.3 is 0 Å². The van der Waals surface area contributed by atoms with Crippen molar-refractivity contribution in [2.75, 3.05) is 0 Å². The summed E-state index contributed by atoms with van der Waals surface area (Å²) in [5, 5.41) is 10.1. The molecule has 0 fully saturated rings. The van der Waals surface area contributed by atoms with Crippen LogP contribution in [0.4, 0.5) is 0 Å². The van der Waals surface area contributed by atoms with Crippen LogP contribution in [0.25, 0.3) is 88.5 Å². The number of aromatic nitrogens is 4. The van der Waals surface area contributed by atoms with E-state index in [1.54, 1.807) is 6.20 Å². The summed E-state index contributed by atoms with van der Waals surface area (Å²) in [6.07, 6.45) is 1.76. The van der Waals surface area contributed by atoms with Crippen molar-refractivity contribution in [3.63, 3.8) is 0 Å². The Labute approximate surface area is 265 Å². The monoisotopic (exact) mass is 586 g/mol. The Bertz CT molecular complexity index is 2500. The number of pyridine rings is 1. The Hall–Kier alpha value is -6.26. The summed E-state index contributed by atoms with van der Waals surface area (Å²) in [4.78, 5) is 19.0. The second-order valence-corrected chi connectivity index (χ2v) is 11.5. The van der Waals surface area contributed by atoms with Gasteiger partial charge in [-0.25, -0.2) is 15.0 Å². The number of nitrogens with zero attached hydrogens (tertiary/aromatic N) is 4. The molecular weight excluding hydrogens is 560 g/mol. The van der Waals surface area contributed by atoms with Gasteiger partial charge < -0.3 is 0 Å². The van der Waals surface area contributed by atoms with Gasteiger partial charge in [0.05, 0.1) is 0 Å². The molecule has 0 unspecified atom stereocenters. The van der Waals surface area contributed by atoms with E-state index in [9.17, 15) is 0 Å². The highest BCUT2D eigenvalue weighted by atomic mass is 15.0. The maximum atomic E-state index is 4.89. The van der Waals surface area contributed by atoms with Gasteiger partial charge in [0, 0.05) is 17.3 Å². The van der Waals surface area contributed by atoms with Crippen LogP contribution in [-0.2, 0) is 0 Å². The molecule has 2 heterocycles. The summed E-state index contributed by atoms with van der Waals surface area (Å²) in [6.45, 7) is 0. The van der Waals surface area contributed by atoms with Crippen LogP contribution in [-0.4, -0.2) is 19.9 Å². The second-order valence-electron chi connectivity index (χ2n) is 11.5. The fraction of sp³-hybridized carbons (Fsp3) is 0. The molecular formula is C42H26N4. The lowest BCUT2D eigenvalue weighted by Gasteiger charge is -2.13. The highest BCUT2D eigenvalue weighted by molar-refractivity contribution is 6.25. The first kappa shape index (κ1) is 26.2. The lowest BCUT2D eigenvalue weighted by atomic mass is 9.91. The van der Waals surface area contributed by atoms with E-state index in [2.05, 4.69) is 108 Å². The van der Waals surface area contributed by atoms with Crippen LogP contribution in [0.2, 0.25) is 0 Å². The van der Waals surface area contributed by atoms with Crippen LogP contribution >= 0.6 is 0 Å². The SMILES string of the molecule is c1ccc(-c2nc(-c3ccc(-c4cccc5c4ccc4ccc6c7ccccc7ccc6c45)cc3)nc(-c3ccccn3)n2)cc1. The van der Waals surface area contributed by atoms with E-state index < -0.39 is 0 Å². The zero-order valence-corrected chi connectivity index (χ0v) is 24.8. The Kier molecular flexibility index (Phi) is 6.10. The van der Waals surface area contributed by atoms with Crippen molar-refractivity contribution in [3.05, 3.63) is 158 Å². The largest absolute Gasteiger partial charge is 0.253 e. The molecule has 0 N–H and O–H groups in total. The molecule has 0 bridgehead atoms. The first-order chi connectivity index (χ1) is 22.8. The van der Waals surface area contributed by atoms with Crippen LogP contribution in [0.15, 0.2) is 158 Å². The molecule has 0 saturated heterocycles. The first-order valence-electron chi connectivity index (χ1n) is 15.4. The molecule has 4 heteroatoms. The van der Waals surface area contributed by atoms with Crippen molar-refractivity contribution in [1.29, 1.82) is 0 Å². The Morgan fingerprint density at radius 2 is 0.935 bits per heavy atom. The van der Waals surface area contributed by atoms with Crippen LogP contribution in [0.5, 0.6) is 0 Å². The highest BCUT2D eigenvalue weighted by Gasteiger charge is 2.14. The first-order valence-corrected chi connectivity index (χ1v) is 15.4. The minimum absolute atomic E-state index is 0.550. The second kappa shape index (κ2) is 10.7. The molecule has 0 aliphatic heterocycles. The van der Waals surface area contributed by atoms with E-state index in [-0.39, 0.29) is 0 Å². The van der Waals surface area contributed by atoms with Crippen molar-refractivity contribution in [2.24, 2.45) is 0 Å². The van der Waals surface area contributed by atoms with Crippen LogP contribution in [0, 0.1) is 0 Å². The van der Waals surface area contributed by atoms with Gasteiger partial charge in [0.1, 0.15) is 5.69 Å². The molecule has 4 nitrogen and oxygen atoms in total. The van der Waals surface area contributed by atoms with Crippen LogP contribution in [0.3, 0.4) is 0 Å². The fourth-order valence-electron chi connectivity index (χ4n) is 6.56. The molecule has 9 rings (SSSR count). The van der Waals surface area contributed by atoms with E-state index >= 15 is 0 Å². The zero-order chi connectivity index (χ0) is 30.5. The number of hydrogen-bond donors (Lipinski definition) is 0. The van der Waals surface area contributed by atoms with Gasteiger partial charge in [0.2, 0.25) is 0 Å². The van der Waals surface area contributed by atoms with E-state index in [4.69, 9.17) is 15.0 Å². The third kappa shape index (κ3) is 4.39. The summed E-state index contributed by atoms with van der Waals surface area (Å²) in [7, 11) is 0. The molecule has 0 atom stereocenters. The third-order valence-corrected chi connectivity index (χ3v) is 8.78. The molecule has 9 aromatic rings. The molecule has 2 aromatic heterocycles. The van der Waals surface area contributed by atoms with Crippen LogP contribution in [0.1, 0.15) is 0 Å². The van der Waals surface area contributed by atoms with Crippen molar-refractivity contribution >= 4 is 43.1 Å². The van der Waals surface area contributed by atoms with Crippen molar-refractivity contribution in [2.45, 2.75) is 0 Å². The molecule has 0 aliphatic rings. The van der Waals surface area contributed by atoms with Gasteiger partial charge in [-0.3, -0.25) is 4.98 Å². The average Bonchev–Trinajstić information content (AvgIpc) is 3.14. The van der Waals surface area contributed by atoms with Gasteiger partial charge in [-0.2, -0.15) is 0 Å². The highest BCUT2D eigenvalue weighted by Crippen LogP contribution is 2.39. The molecule has 0 amide bonds.